The second-order valence-electron chi connectivity index (χ2n) is 11.1. The summed E-state index contributed by atoms with van der Waals surface area (Å²) in [6.07, 6.45) is 7.10. The van der Waals surface area contributed by atoms with Crippen LogP contribution in [-0.4, -0.2) is 70.9 Å². The van der Waals surface area contributed by atoms with Crippen LogP contribution >= 0.6 is 11.6 Å². The Morgan fingerprint density at radius 3 is 2.29 bits per heavy atom. The van der Waals surface area contributed by atoms with Crippen molar-refractivity contribution in [1.29, 1.82) is 0 Å². The summed E-state index contributed by atoms with van der Waals surface area (Å²) in [7, 11) is 0. The Morgan fingerprint density at radius 1 is 0.943 bits per heavy atom. The average Bonchev–Trinajstić information content (AvgIpc) is 3.13. The number of benzene rings is 1. The lowest BCUT2D eigenvalue weighted by molar-refractivity contribution is 0.0363. The molecule has 1 saturated carbocycles. The van der Waals surface area contributed by atoms with E-state index >= 15 is 0 Å². The molecule has 0 bridgehead atoms. The molecule has 0 radical (unpaired) electrons. The fourth-order valence-electron chi connectivity index (χ4n) is 6.55. The van der Waals surface area contributed by atoms with E-state index in [1.165, 1.54) is 31.7 Å². The molecule has 5 rings (SSSR count). The molecule has 2 saturated heterocycles. The van der Waals surface area contributed by atoms with Gasteiger partial charge in [-0.25, -0.2) is 9.18 Å². The summed E-state index contributed by atoms with van der Waals surface area (Å²) < 4.78 is 23.6. The SMILES string of the molecule is CC(C)[C@H]1CC[C@@H](N2CCC(n3c(=O)n(CCN4CCOCC4)c4cc(Cl)c(F)cc43)CC2)CC1. The van der Waals surface area contributed by atoms with Crippen molar-refractivity contribution in [2.75, 3.05) is 45.9 Å². The maximum absolute atomic E-state index is 14.5. The number of aromatic nitrogens is 2. The molecule has 2 aromatic rings. The highest BCUT2D eigenvalue weighted by molar-refractivity contribution is 6.31. The number of rotatable bonds is 6. The van der Waals surface area contributed by atoms with Crippen molar-refractivity contribution in [2.24, 2.45) is 11.8 Å². The number of nitrogens with zero attached hydrogens (tertiary/aromatic N) is 4. The minimum Gasteiger partial charge on any atom is -0.379 e. The van der Waals surface area contributed by atoms with Crippen LogP contribution in [0.1, 0.15) is 58.4 Å². The van der Waals surface area contributed by atoms with Crippen LogP contribution in [0.25, 0.3) is 11.0 Å². The molecule has 0 N–H and O–H groups in total. The molecule has 1 aromatic carbocycles. The molecule has 0 unspecified atom stereocenters. The zero-order valence-electron chi connectivity index (χ0n) is 21.2. The molecule has 2 aliphatic heterocycles. The van der Waals surface area contributed by atoms with Crippen molar-refractivity contribution in [3.63, 3.8) is 0 Å². The van der Waals surface area contributed by atoms with Crippen molar-refractivity contribution in [3.8, 4) is 0 Å². The van der Waals surface area contributed by atoms with Crippen molar-refractivity contribution < 1.29 is 9.13 Å². The van der Waals surface area contributed by atoms with Gasteiger partial charge in [0.1, 0.15) is 5.82 Å². The van der Waals surface area contributed by atoms with Gasteiger partial charge in [-0.2, -0.15) is 0 Å². The van der Waals surface area contributed by atoms with Crippen LogP contribution in [0.2, 0.25) is 5.02 Å². The van der Waals surface area contributed by atoms with Gasteiger partial charge in [-0.05, 0) is 56.4 Å². The van der Waals surface area contributed by atoms with Gasteiger partial charge >= 0.3 is 5.69 Å². The van der Waals surface area contributed by atoms with Gasteiger partial charge in [-0.3, -0.25) is 14.0 Å². The molecule has 35 heavy (non-hydrogen) atoms. The number of likely N-dealkylation sites (tertiary alicyclic amines) is 1. The van der Waals surface area contributed by atoms with E-state index < -0.39 is 5.82 Å². The standard InChI is InChI=1S/C27H40ClFN4O2/c1-19(2)20-3-5-21(6-4-20)31-9-7-22(8-10-31)33-26-18-24(29)23(28)17-25(26)32(27(33)34)12-11-30-13-15-35-16-14-30/h17-22H,3-16H2,1-2H3/t20-,21+. The molecule has 0 atom stereocenters. The molecule has 194 valence electrons. The van der Waals surface area contributed by atoms with Crippen LogP contribution in [0.4, 0.5) is 4.39 Å². The number of morpholine rings is 1. The first-order valence-corrected chi connectivity index (χ1v) is 13.9. The number of hydrogen-bond donors (Lipinski definition) is 0. The van der Waals surface area contributed by atoms with Crippen LogP contribution < -0.4 is 5.69 Å². The maximum atomic E-state index is 14.5. The van der Waals surface area contributed by atoms with Crippen LogP contribution in [0, 0.1) is 17.7 Å². The zero-order chi connectivity index (χ0) is 24.5. The number of piperidine rings is 1. The second-order valence-corrected chi connectivity index (χ2v) is 11.5. The summed E-state index contributed by atoms with van der Waals surface area (Å²) >= 11 is 6.16. The Bertz CT molecular complexity index is 1060. The highest BCUT2D eigenvalue weighted by atomic mass is 35.5. The normalized spacial score (nSPS) is 25.6. The lowest BCUT2D eigenvalue weighted by atomic mass is 9.79. The zero-order valence-corrected chi connectivity index (χ0v) is 22.0. The third-order valence-corrected chi connectivity index (χ3v) is 9.10. The Hall–Kier alpha value is -1.41. The summed E-state index contributed by atoms with van der Waals surface area (Å²) in [4.78, 5) is 18.6. The van der Waals surface area contributed by atoms with Gasteiger partial charge in [-0.15, -0.1) is 0 Å². The van der Waals surface area contributed by atoms with Gasteiger partial charge in [0.15, 0.2) is 0 Å². The van der Waals surface area contributed by atoms with E-state index in [4.69, 9.17) is 16.3 Å². The van der Waals surface area contributed by atoms with E-state index in [0.29, 0.717) is 18.1 Å². The maximum Gasteiger partial charge on any atom is 0.329 e. The molecule has 6 nitrogen and oxygen atoms in total. The first-order chi connectivity index (χ1) is 16.9. The van der Waals surface area contributed by atoms with Crippen LogP contribution in [0.15, 0.2) is 16.9 Å². The summed E-state index contributed by atoms with van der Waals surface area (Å²) in [6.45, 7) is 11.3. The van der Waals surface area contributed by atoms with Gasteiger partial charge in [0.2, 0.25) is 0 Å². The van der Waals surface area contributed by atoms with E-state index in [-0.39, 0.29) is 16.8 Å². The number of hydrogen-bond acceptors (Lipinski definition) is 4. The predicted octanol–water partition coefficient (Wildman–Crippen LogP) is 4.78. The van der Waals surface area contributed by atoms with E-state index in [1.54, 1.807) is 10.6 Å². The van der Waals surface area contributed by atoms with E-state index in [9.17, 15) is 9.18 Å². The molecule has 3 fully saturated rings. The van der Waals surface area contributed by atoms with Crippen molar-refractivity contribution in [3.05, 3.63) is 33.5 Å². The molecule has 3 aliphatic rings. The van der Waals surface area contributed by atoms with Crippen LogP contribution in [-0.2, 0) is 11.3 Å². The minimum absolute atomic E-state index is 0.0363. The number of fused-ring (bicyclic) bond motifs is 1. The summed E-state index contributed by atoms with van der Waals surface area (Å²) in [6, 6.07) is 3.86. The molecular formula is C27H40ClFN4O2. The van der Waals surface area contributed by atoms with Gasteiger partial charge in [0, 0.05) is 57.4 Å². The van der Waals surface area contributed by atoms with Crippen molar-refractivity contribution >= 4 is 22.6 Å². The van der Waals surface area contributed by atoms with Crippen LogP contribution in [0.3, 0.4) is 0 Å². The topological polar surface area (TPSA) is 42.6 Å². The quantitative estimate of drug-likeness (QED) is 0.565. The fourth-order valence-corrected chi connectivity index (χ4v) is 6.71. The summed E-state index contributed by atoms with van der Waals surface area (Å²) in [5.74, 6) is 1.19. The number of imidazole rings is 1. The molecule has 1 aromatic heterocycles. The van der Waals surface area contributed by atoms with Gasteiger partial charge in [-0.1, -0.05) is 25.4 Å². The highest BCUT2D eigenvalue weighted by Gasteiger charge is 2.32. The first kappa shape index (κ1) is 25.2. The predicted molar refractivity (Wildman–Crippen MR) is 139 cm³/mol. The van der Waals surface area contributed by atoms with Gasteiger partial charge < -0.3 is 9.64 Å². The van der Waals surface area contributed by atoms with E-state index in [1.807, 2.05) is 4.57 Å². The number of ether oxygens (including phenoxy) is 1. The Balaban J connectivity index is 1.32. The van der Waals surface area contributed by atoms with Crippen molar-refractivity contribution in [2.45, 2.75) is 71.0 Å². The van der Waals surface area contributed by atoms with E-state index in [2.05, 4.69) is 23.6 Å². The Labute approximate surface area is 213 Å². The average molecular weight is 507 g/mol. The minimum atomic E-state index is -0.461. The largest absolute Gasteiger partial charge is 0.379 e. The molecule has 0 spiro atoms. The molecule has 1 aliphatic carbocycles. The monoisotopic (exact) mass is 506 g/mol. The third-order valence-electron chi connectivity index (χ3n) is 8.81. The molecular weight excluding hydrogens is 467 g/mol. The molecule has 8 heteroatoms. The van der Waals surface area contributed by atoms with Gasteiger partial charge in [0.05, 0.1) is 29.3 Å². The fraction of sp³-hybridized carbons (Fsp3) is 0.741. The van der Waals surface area contributed by atoms with Crippen molar-refractivity contribution in [1.82, 2.24) is 18.9 Å². The molecule has 0 amide bonds. The highest BCUT2D eigenvalue weighted by Crippen LogP contribution is 2.35. The lowest BCUT2D eigenvalue weighted by Crippen LogP contribution is -2.45. The smallest absolute Gasteiger partial charge is 0.329 e. The Kier molecular flexibility index (Phi) is 7.87. The van der Waals surface area contributed by atoms with Gasteiger partial charge in [0.25, 0.3) is 0 Å². The first-order valence-electron chi connectivity index (χ1n) is 13.6. The third kappa shape index (κ3) is 5.34. The Morgan fingerprint density at radius 2 is 1.63 bits per heavy atom. The summed E-state index contributed by atoms with van der Waals surface area (Å²) in [5, 5.41) is 0.0709. The molecule has 3 heterocycles. The van der Waals surface area contributed by atoms with Crippen LogP contribution in [0.5, 0.6) is 0 Å². The van der Waals surface area contributed by atoms with E-state index in [0.717, 1.165) is 76.1 Å². The summed E-state index contributed by atoms with van der Waals surface area (Å²) in [5.41, 5.74) is 1.38. The number of halogens is 2. The second kappa shape index (κ2) is 10.9. The lowest BCUT2D eigenvalue weighted by Gasteiger charge is -2.41.